The molecule has 0 N–H and O–H groups in total. The van der Waals surface area contributed by atoms with Crippen molar-refractivity contribution in [1.82, 2.24) is 0 Å². The van der Waals surface area contributed by atoms with Crippen LogP contribution in [0.25, 0.3) is 0 Å². The van der Waals surface area contributed by atoms with Crippen molar-refractivity contribution in [2.24, 2.45) is 11.3 Å². The van der Waals surface area contributed by atoms with Gasteiger partial charge in [-0.05, 0) is 28.8 Å². The third-order valence-corrected chi connectivity index (χ3v) is 13.4. The van der Waals surface area contributed by atoms with E-state index in [2.05, 4.69) is 120 Å². The first-order chi connectivity index (χ1) is 17.2. The van der Waals surface area contributed by atoms with E-state index >= 15 is 0 Å². The van der Waals surface area contributed by atoms with Crippen LogP contribution in [-0.4, -0.2) is 32.9 Å². The summed E-state index contributed by atoms with van der Waals surface area (Å²) >= 11 is 0. The number of ether oxygens (including phenoxy) is 1. The average molecular weight is 499 g/mol. The van der Waals surface area contributed by atoms with Crippen LogP contribution in [0.15, 0.2) is 96.1 Å². The molecule has 36 heavy (non-hydrogen) atoms. The number of fused-ring (bicyclic) bond motifs is 3. The van der Waals surface area contributed by atoms with Gasteiger partial charge in [-0.15, -0.1) is 0 Å². The van der Waals surface area contributed by atoms with Gasteiger partial charge < -0.3 is 9.16 Å². The summed E-state index contributed by atoms with van der Waals surface area (Å²) in [5, 5.41) is 2.44. The van der Waals surface area contributed by atoms with E-state index in [9.17, 15) is 4.79 Å². The van der Waals surface area contributed by atoms with Crippen LogP contribution in [0.3, 0.4) is 0 Å². The summed E-state index contributed by atoms with van der Waals surface area (Å²) in [4.78, 5) is 13.2. The van der Waals surface area contributed by atoms with Gasteiger partial charge in [0.15, 0.2) is 5.78 Å². The number of allylic oxidation sites excluding steroid dienone is 4. The van der Waals surface area contributed by atoms with Gasteiger partial charge in [-0.3, -0.25) is 4.79 Å². The molecule has 0 aromatic heterocycles. The summed E-state index contributed by atoms with van der Waals surface area (Å²) in [6.45, 7) is 11.6. The lowest BCUT2D eigenvalue weighted by atomic mass is 9.59. The Bertz CT molecular complexity index is 1170. The first-order valence-electron chi connectivity index (χ1n) is 13.2. The van der Waals surface area contributed by atoms with Gasteiger partial charge in [0.1, 0.15) is 0 Å². The van der Waals surface area contributed by atoms with Crippen molar-refractivity contribution >= 4 is 24.5 Å². The Morgan fingerprint density at radius 1 is 1.00 bits per heavy atom. The molecule has 188 valence electrons. The van der Waals surface area contributed by atoms with E-state index in [1.54, 1.807) is 0 Å². The third-order valence-electron chi connectivity index (χ3n) is 8.38. The van der Waals surface area contributed by atoms with Gasteiger partial charge in [-0.2, -0.15) is 0 Å². The highest BCUT2D eigenvalue weighted by Crippen LogP contribution is 2.51. The zero-order valence-corrected chi connectivity index (χ0v) is 23.2. The van der Waals surface area contributed by atoms with Crippen molar-refractivity contribution in [3.05, 3.63) is 96.1 Å². The fourth-order valence-electron chi connectivity index (χ4n) is 6.77. The minimum Gasteiger partial charge on any atom is -0.404 e. The Labute approximate surface area is 217 Å². The predicted molar refractivity (Wildman–Crippen MR) is 149 cm³/mol. The second kappa shape index (κ2) is 9.40. The van der Waals surface area contributed by atoms with Crippen LogP contribution in [0.4, 0.5) is 0 Å². The van der Waals surface area contributed by atoms with Crippen molar-refractivity contribution in [1.29, 1.82) is 0 Å². The number of hydrogen-bond donors (Lipinski definition) is 0. The van der Waals surface area contributed by atoms with Gasteiger partial charge in [-0.25, -0.2) is 0 Å². The smallest absolute Gasteiger partial charge is 0.261 e. The van der Waals surface area contributed by atoms with Crippen molar-refractivity contribution in [3.63, 3.8) is 0 Å². The molecule has 0 radical (unpaired) electrons. The first-order valence-corrected chi connectivity index (χ1v) is 15.1. The van der Waals surface area contributed by atoms with Crippen molar-refractivity contribution in [3.8, 4) is 0 Å². The summed E-state index contributed by atoms with van der Waals surface area (Å²) in [5.74, 6) is 0.406. The molecule has 1 saturated carbocycles. The molecule has 0 amide bonds. The van der Waals surface area contributed by atoms with Crippen LogP contribution in [0.5, 0.6) is 0 Å². The number of hydrogen-bond acceptors (Lipinski definition) is 3. The van der Waals surface area contributed by atoms with Crippen molar-refractivity contribution in [2.75, 3.05) is 6.61 Å². The quantitative estimate of drug-likeness (QED) is 0.388. The van der Waals surface area contributed by atoms with E-state index in [0.29, 0.717) is 13.0 Å². The van der Waals surface area contributed by atoms with Crippen LogP contribution < -0.4 is 10.4 Å². The molecule has 0 saturated heterocycles. The summed E-state index contributed by atoms with van der Waals surface area (Å²) < 4.78 is 13.7. The van der Waals surface area contributed by atoms with Gasteiger partial charge in [0.25, 0.3) is 8.32 Å². The molecule has 0 unspecified atom stereocenters. The van der Waals surface area contributed by atoms with Crippen molar-refractivity contribution in [2.45, 2.75) is 64.7 Å². The molecular weight excluding hydrogens is 460 g/mol. The molecular formula is C32H38O3Si. The van der Waals surface area contributed by atoms with Gasteiger partial charge >= 0.3 is 0 Å². The maximum atomic E-state index is 13.2. The SMILES string of the molecule is CC1=C2C(=O)C[C@H]3O[C@H](CO[Si](c4ccccc4)(c4ccccc4)C(C)(C)C)C=C[C@@H]3[C@@]2(C)C=CC1. The van der Waals surface area contributed by atoms with Gasteiger partial charge in [-0.1, -0.05) is 118 Å². The van der Waals surface area contributed by atoms with Gasteiger partial charge in [0.05, 0.1) is 18.8 Å². The molecule has 4 atom stereocenters. The average Bonchev–Trinajstić information content (AvgIpc) is 2.84. The number of Topliss-reactive ketones (excluding diaryl/α,β-unsaturated/α-hetero) is 1. The minimum absolute atomic E-state index is 0.0883. The van der Waals surface area contributed by atoms with E-state index in [1.807, 2.05) is 0 Å². The molecule has 2 aromatic carbocycles. The normalized spacial score (nSPS) is 28.1. The highest BCUT2D eigenvalue weighted by Gasteiger charge is 2.52. The lowest BCUT2D eigenvalue weighted by Crippen LogP contribution is -2.67. The number of rotatable bonds is 5. The van der Waals surface area contributed by atoms with Crippen LogP contribution in [0.1, 0.15) is 47.5 Å². The fraction of sp³-hybridized carbons (Fsp3) is 0.406. The Hall–Kier alpha value is -2.53. The second-order valence-corrected chi connectivity index (χ2v) is 16.1. The fourth-order valence-corrected chi connectivity index (χ4v) is 11.3. The molecule has 3 aliphatic rings. The summed E-state index contributed by atoms with van der Waals surface area (Å²) in [6.07, 6.45) is 9.92. The van der Waals surface area contributed by atoms with Gasteiger partial charge in [0, 0.05) is 23.3 Å². The molecule has 2 aromatic rings. The third kappa shape index (κ3) is 4.09. The summed E-state index contributed by atoms with van der Waals surface area (Å²) in [7, 11) is -2.64. The van der Waals surface area contributed by atoms with E-state index in [-0.39, 0.29) is 34.4 Å². The first kappa shape index (κ1) is 25.1. The number of carbonyl (C=O) groups excluding carboxylic acids is 1. The van der Waals surface area contributed by atoms with Crippen LogP contribution >= 0.6 is 0 Å². The molecule has 0 bridgehead atoms. The summed E-state index contributed by atoms with van der Waals surface area (Å²) in [6, 6.07) is 21.4. The molecule has 1 fully saturated rings. The van der Waals surface area contributed by atoms with Crippen LogP contribution in [0.2, 0.25) is 5.04 Å². The van der Waals surface area contributed by atoms with E-state index in [4.69, 9.17) is 9.16 Å². The maximum absolute atomic E-state index is 13.2. The number of ketones is 1. The molecule has 3 nitrogen and oxygen atoms in total. The Morgan fingerprint density at radius 2 is 1.61 bits per heavy atom. The maximum Gasteiger partial charge on any atom is 0.261 e. The topological polar surface area (TPSA) is 35.5 Å². The highest BCUT2D eigenvalue weighted by molar-refractivity contribution is 6.99. The van der Waals surface area contributed by atoms with Crippen LogP contribution in [0, 0.1) is 11.3 Å². The lowest BCUT2D eigenvalue weighted by molar-refractivity contribution is -0.129. The van der Waals surface area contributed by atoms with E-state index in [0.717, 1.165) is 12.0 Å². The Balaban J connectivity index is 1.46. The van der Waals surface area contributed by atoms with Crippen LogP contribution in [-0.2, 0) is 14.0 Å². The lowest BCUT2D eigenvalue weighted by Gasteiger charge is -2.49. The Kier molecular flexibility index (Phi) is 6.56. The summed E-state index contributed by atoms with van der Waals surface area (Å²) in [5.41, 5.74) is 1.92. The minimum atomic E-state index is -2.64. The molecule has 4 heteroatoms. The standard InChI is InChI=1S/C32H38O3Si/c1-23-13-12-20-32(5)27-19-18-24(35-29(27)21-28(33)30(23)32)22-34-36(31(2,3)4,25-14-8-6-9-15-25)26-16-10-7-11-17-26/h6-12,14-20,24,27,29H,13,21-22H2,1-5H3/t24-,27-,29+,32+/m0/s1. The van der Waals surface area contributed by atoms with E-state index < -0.39 is 8.32 Å². The molecule has 2 aliphatic carbocycles. The molecule has 1 heterocycles. The molecule has 1 aliphatic heterocycles. The monoisotopic (exact) mass is 498 g/mol. The number of benzene rings is 2. The number of carbonyl (C=O) groups is 1. The Morgan fingerprint density at radius 3 is 2.19 bits per heavy atom. The molecule has 5 rings (SSSR count). The highest BCUT2D eigenvalue weighted by atomic mass is 28.4. The molecule has 0 spiro atoms. The van der Waals surface area contributed by atoms with Gasteiger partial charge in [0.2, 0.25) is 0 Å². The largest absolute Gasteiger partial charge is 0.404 e. The van der Waals surface area contributed by atoms with Crippen molar-refractivity contribution < 1.29 is 14.0 Å². The predicted octanol–water partition coefficient (Wildman–Crippen LogP) is 5.76. The second-order valence-electron chi connectivity index (χ2n) is 11.8. The zero-order valence-electron chi connectivity index (χ0n) is 22.2. The zero-order chi connectivity index (χ0) is 25.6. The van der Waals surface area contributed by atoms with E-state index in [1.165, 1.54) is 15.9 Å².